The molecule has 2 heterocycles. The predicted molar refractivity (Wildman–Crippen MR) is 105 cm³/mol. The van der Waals surface area contributed by atoms with E-state index in [9.17, 15) is 4.79 Å². The maximum atomic E-state index is 12.1. The normalized spacial score (nSPS) is 13.4. The lowest BCUT2D eigenvalue weighted by atomic mass is 10.0. The number of hydrogen-bond donors (Lipinski definition) is 1. The summed E-state index contributed by atoms with van der Waals surface area (Å²) in [5, 5.41) is 4.97. The number of anilines is 3. The molecular weight excluding hydrogens is 328 g/mol. The monoisotopic (exact) mass is 348 g/mol. The highest BCUT2D eigenvalue weighted by Crippen LogP contribution is 2.33. The summed E-state index contributed by atoms with van der Waals surface area (Å²) < 4.78 is 0. The van der Waals surface area contributed by atoms with E-state index in [2.05, 4.69) is 46.6 Å². The fraction of sp³-hybridized carbons (Fsp3) is 0.190. The van der Waals surface area contributed by atoms with Crippen LogP contribution in [0.3, 0.4) is 0 Å². The van der Waals surface area contributed by atoms with Gasteiger partial charge < -0.3 is 10.2 Å². The molecule has 0 spiro atoms. The molecule has 4 heteroatoms. The van der Waals surface area contributed by atoms with Crippen molar-refractivity contribution in [3.63, 3.8) is 0 Å². The highest BCUT2D eigenvalue weighted by Gasteiger charge is 2.17. The second kappa shape index (κ2) is 7.11. The van der Waals surface area contributed by atoms with Crippen LogP contribution in [0.4, 0.5) is 17.1 Å². The fourth-order valence-electron chi connectivity index (χ4n) is 3.30. The largest absolute Gasteiger partial charge is 0.341 e. The number of carbonyl (C=O) groups excluding carboxylic acids is 1. The third kappa shape index (κ3) is 3.59. The minimum absolute atomic E-state index is 0.0264. The minimum Gasteiger partial charge on any atom is -0.341 e. The Morgan fingerprint density at radius 2 is 1.88 bits per heavy atom. The summed E-state index contributed by atoms with van der Waals surface area (Å²) >= 11 is 1.61. The minimum atomic E-state index is 0.0264. The summed E-state index contributed by atoms with van der Waals surface area (Å²) in [6.07, 6.45) is 2.73. The second-order valence-electron chi connectivity index (χ2n) is 6.24. The summed E-state index contributed by atoms with van der Waals surface area (Å²) in [5.74, 6) is 0.0264. The lowest BCUT2D eigenvalue weighted by Gasteiger charge is -2.31. The summed E-state index contributed by atoms with van der Waals surface area (Å²) in [6, 6.07) is 20.7. The molecule has 1 N–H and O–H groups in total. The van der Waals surface area contributed by atoms with Crippen LogP contribution in [0, 0.1) is 0 Å². The number of rotatable bonds is 4. The number of benzene rings is 2. The van der Waals surface area contributed by atoms with Gasteiger partial charge in [-0.3, -0.25) is 4.79 Å². The fourth-order valence-corrected chi connectivity index (χ4v) is 4.01. The van der Waals surface area contributed by atoms with Crippen molar-refractivity contribution in [3.05, 3.63) is 76.5 Å². The van der Waals surface area contributed by atoms with Crippen molar-refractivity contribution in [1.82, 2.24) is 0 Å². The first kappa shape index (κ1) is 15.9. The standard InChI is InChI=1S/C21H20N2OS/c24-21(15-19-7-4-14-25-19)22-17-9-11-18(12-10-17)23-13-3-6-16-5-1-2-8-20(16)23/h1-2,4-5,7-12,14H,3,6,13,15H2,(H,22,24). The molecule has 1 aromatic heterocycles. The second-order valence-corrected chi connectivity index (χ2v) is 7.27. The molecule has 1 amide bonds. The topological polar surface area (TPSA) is 32.3 Å². The number of para-hydroxylation sites is 1. The van der Waals surface area contributed by atoms with Gasteiger partial charge in [0.1, 0.15) is 0 Å². The van der Waals surface area contributed by atoms with E-state index in [-0.39, 0.29) is 5.91 Å². The quantitative estimate of drug-likeness (QED) is 0.718. The van der Waals surface area contributed by atoms with Crippen molar-refractivity contribution in [1.29, 1.82) is 0 Å². The molecule has 1 aliphatic rings. The molecule has 0 atom stereocenters. The van der Waals surface area contributed by atoms with Crippen LogP contribution >= 0.6 is 11.3 Å². The van der Waals surface area contributed by atoms with Gasteiger partial charge in [-0.1, -0.05) is 24.3 Å². The van der Waals surface area contributed by atoms with Crippen molar-refractivity contribution in [2.24, 2.45) is 0 Å². The zero-order valence-corrected chi connectivity index (χ0v) is 14.8. The van der Waals surface area contributed by atoms with Gasteiger partial charge in [-0.25, -0.2) is 0 Å². The van der Waals surface area contributed by atoms with Gasteiger partial charge in [0.15, 0.2) is 0 Å². The number of fused-ring (bicyclic) bond motifs is 1. The first-order valence-corrected chi connectivity index (χ1v) is 9.45. The Morgan fingerprint density at radius 3 is 2.68 bits per heavy atom. The molecule has 0 radical (unpaired) electrons. The van der Waals surface area contributed by atoms with Gasteiger partial charge in [-0.05, 0) is 60.2 Å². The Kier molecular flexibility index (Phi) is 4.53. The molecule has 25 heavy (non-hydrogen) atoms. The Labute approximate surface area is 151 Å². The Hall–Kier alpha value is -2.59. The number of thiophene rings is 1. The van der Waals surface area contributed by atoms with Crippen LogP contribution in [0.1, 0.15) is 16.9 Å². The van der Waals surface area contributed by atoms with Gasteiger partial charge in [-0.15, -0.1) is 11.3 Å². The van der Waals surface area contributed by atoms with Crippen molar-refractivity contribution in [3.8, 4) is 0 Å². The number of carbonyl (C=O) groups is 1. The van der Waals surface area contributed by atoms with Gasteiger partial charge in [0.05, 0.1) is 6.42 Å². The van der Waals surface area contributed by atoms with Gasteiger partial charge in [0.2, 0.25) is 5.91 Å². The van der Waals surface area contributed by atoms with Gasteiger partial charge in [0.25, 0.3) is 0 Å². The van der Waals surface area contributed by atoms with E-state index in [0.29, 0.717) is 6.42 Å². The van der Waals surface area contributed by atoms with E-state index in [1.165, 1.54) is 16.9 Å². The first-order valence-electron chi connectivity index (χ1n) is 8.57. The third-order valence-electron chi connectivity index (χ3n) is 4.49. The highest BCUT2D eigenvalue weighted by molar-refractivity contribution is 7.10. The lowest BCUT2D eigenvalue weighted by molar-refractivity contribution is -0.115. The molecule has 4 rings (SSSR count). The van der Waals surface area contributed by atoms with E-state index >= 15 is 0 Å². The number of hydrogen-bond acceptors (Lipinski definition) is 3. The zero-order chi connectivity index (χ0) is 17.1. The third-order valence-corrected chi connectivity index (χ3v) is 5.36. The summed E-state index contributed by atoms with van der Waals surface area (Å²) in [6.45, 7) is 1.03. The number of nitrogens with zero attached hydrogens (tertiary/aromatic N) is 1. The Morgan fingerprint density at radius 1 is 1.04 bits per heavy atom. The first-order chi connectivity index (χ1) is 12.3. The maximum Gasteiger partial charge on any atom is 0.229 e. The van der Waals surface area contributed by atoms with Crippen LogP contribution in [0.2, 0.25) is 0 Å². The van der Waals surface area contributed by atoms with Crippen LogP contribution in [-0.4, -0.2) is 12.5 Å². The van der Waals surface area contributed by atoms with E-state index in [4.69, 9.17) is 0 Å². The highest BCUT2D eigenvalue weighted by atomic mass is 32.1. The van der Waals surface area contributed by atoms with Gasteiger partial charge in [-0.2, -0.15) is 0 Å². The molecule has 3 aromatic rings. The predicted octanol–water partition coefficient (Wildman–Crippen LogP) is 5.01. The van der Waals surface area contributed by atoms with Crippen LogP contribution in [-0.2, 0) is 17.6 Å². The number of aryl methyl sites for hydroxylation is 1. The van der Waals surface area contributed by atoms with Crippen LogP contribution in [0.25, 0.3) is 0 Å². The van der Waals surface area contributed by atoms with Crippen LogP contribution in [0.15, 0.2) is 66.0 Å². The molecule has 0 fully saturated rings. The zero-order valence-electron chi connectivity index (χ0n) is 13.9. The summed E-state index contributed by atoms with van der Waals surface area (Å²) in [7, 11) is 0. The Balaban J connectivity index is 1.47. The molecular formula is C21H20N2OS. The molecule has 126 valence electrons. The molecule has 0 saturated heterocycles. The average Bonchev–Trinajstić information content (AvgIpc) is 3.15. The van der Waals surface area contributed by atoms with E-state index in [1.807, 2.05) is 29.6 Å². The van der Waals surface area contributed by atoms with Gasteiger partial charge in [0, 0.05) is 28.5 Å². The SMILES string of the molecule is O=C(Cc1cccs1)Nc1ccc(N2CCCc3ccccc32)cc1. The molecule has 1 aliphatic heterocycles. The van der Waals surface area contributed by atoms with E-state index in [1.54, 1.807) is 11.3 Å². The summed E-state index contributed by atoms with van der Waals surface area (Å²) in [4.78, 5) is 15.6. The molecule has 2 aromatic carbocycles. The number of amides is 1. The van der Waals surface area contributed by atoms with Crippen molar-refractivity contribution < 1.29 is 4.79 Å². The maximum absolute atomic E-state index is 12.1. The molecule has 0 saturated carbocycles. The van der Waals surface area contributed by atoms with E-state index in [0.717, 1.165) is 30.0 Å². The van der Waals surface area contributed by atoms with Gasteiger partial charge >= 0.3 is 0 Å². The van der Waals surface area contributed by atoms with Crippen molar-refractivity contribution in [2.45, 2.75) is 19.3 Å². The van der Waals surface area contributed by atoms with Crippen LogP contribution in [0.5, 0.6) is 0 Å². The smallest absolute Gasteiger partial charge is 0.229 e. The molecule has 0 unspecified atom stereocenters. The van der Waals surface area contributed by atoms with Crippen molar-refractivity contribution >= 4 is 34.3 Å². The van der Waals surface area contributed by atoms with Crippen molar-refractivity contribution in [2.75, 3.05) is 16.8 Å². The lowest BCUT2D eigenvalue weighted by Crippen LogP contribution is -2.24. The Bertz CT molecular complexity index is 856. The average molecular weight is 348 g/mol. The molecule has 0 bridgehead atoms. The molecule has 3 nitrogen and oxygen atoms in total. The number of nitrogens with one attached hydrogen (secondary N) is 1. The van der Waals surface area contributed by atoms with E-state index < -0.39 is 0 Å². The summed E-state index contributed by atoms with van der Waals surface area (Å²) in [5.41, 5.74) is 4.71. The van der Waals surface area contributed by atoms with Crippen LogP contribution < -0.4 is 10.2 Å². The molecule has 0 aliphatic carbocycles.